The fraction of sp³-hybridized carbons (Fsp3) is 0.235. The number of fused-ring (bicyclic) bond motifs is 1. The van der Waals surface area contributed by atoms with E-state index in [0.29, 0.717) is 23.6 Å². The molecule has 1 heterocycles. The van der Waals surface area contributed by atoms with Gasteiger partial charge in [-0.2, -0.15) is 0 Å². The van der Waals surface area contributed by atoms with Crippen molar-refractivity contribution in [3.8, 4) is 0 Å². The van der Waals surface area contributed by atoms with Crippen molar-refractivity contribution in [3.63, 3.8) is 0 Å². The van der Waals surface area contributed by atoms with Crippen molar-refractivity contribution >= 4 is 39.9 Å². The quantitative estimate of drug-likeness (QED) is 0.610. The van der Waals surface area contributed by atoms with Gasteiger partial charge in [0, 0.05) is 28.2 Å². The van der Waals surface area contributed by atoms with Gasteiger partial charge in [-0.1, -0.05) is 24.8 Å². The van der Waals surface area contributed by atoms with Gasteiger partial charge in [0.05, 0.1) is 16.9 Å². The van der Waals surface area contributed by atoms with Gasteiger partial charge >= 0.3 is 5.97 Å². The highest BCUT2D eigenvalue weighted by molar-refractivity contribution is 6.32. The van der Waals surface area contributed by atoms with E-state index in [1.807, 2.05) is 13.0 Å². The van der Waals surface area contributed by atoms with Crippen LogP contribution in [0.25, 0.3) is 16.6 Å². The molecule has 0 unspecified atom stereocenters. The first-order valence-corrected chi connectivity index (χ1v) is 7.60. The van der Waals surface area contributed by atoms with Crippen LogP contribution in [0.4, 0.5) is 5.69 Å². The maximum atomic E-state index is 10.6. The molecule has 0 atom stereocenters. The van der Waals surface area contributed by atoms with Gasteiger partial charge in [0.1, 0.15) is 0 Å². The molecule has 1 aromatic heterocycles. The van der Waals surface area contributed by atoms with E-state index in [0.717, 1.165) is 33.5 Å². The summed E-state index contributed by atoms with van der Waals surface area (Å²) in [5.41, 5.74) is 10.4. The molecule has 2 aromatic rings. The number of aromatic amines is 1. The molecule has 23 heavy (non-hydrogen) atoms. The summed E-state index contributed by atoms with van der Waals surface area (Å²) in [6.45, 7) is 9.67. The molecule has 0 bridgehead atoms. The zero-order valence-electron chi connectivity index (χ0n) is 13.0. The fourth-order valence-electron chi connectivity index (χ4n) is 2.52. The lowest BCUT2D eigenvalue weighted by molar-refractivity contribution is -0.137. The highest BCUT2D eigenvalue weighted by Gasteiger charge is 2.13. The molecule has 1 aromatic carbocycles. The Bertz CT molecular complexity index is 793. The van der Waals surface area contributed by atoms with Crippen molar-refractivity contribution in [1.82, 2.24) is 4.98 Å². The molecule has 122 valence electrons. The molecule has 0 spiro atoms. The van der Waals surface area contributed by atoms with Crippen LogP contribution in [0.2, 0.25) is 5.02 Å². The van der Waals surface area contributed by atoms with Crippen LogP contribution < -0.4 is 11.1 Å². The molecule has 2 rings (SSSR count). The van der Waals surface area contributed by atoms with Gasteiger partial charge in [-0.25, -0.2) is 0 Å². The van der Waals surface area contributed by atoms with Crippen LogP contribution >= 0.6 is 11.6 Å². The standard InChI is InChI=1S/C17H20ClN3O2/c1-9(5-4-6-15(22)23)20-14-8-12(18)7-13-10(2)16(11(3)19)21-17(13)14/h7-8,20-21H,1,3-6,19H2,2H3,(H,22,23). The van der Waals surface area contributed by atoms with Gasteiger partial charge in [-0.05, 0) is 37.5 Å². The van der Waals surface area contributed by atoms with Crippen LogP contribution in [0.1, 0.15) is 30.5 Å². The topological polar surface area (TPSA) is 91.1 Å². The van der Waals surface area contributed by atoms with Crippen LogP contribution in [-0.2, 0) is 4.79 Å². The summed E-state index contributed by atoms with van der Waals surface area (Å²) in [7, 11) is 0. The highest BCUT2D eigenvalue weighted by Crippen LogP contribution is 2.33. The zero-order chi connectivity index (χ0) is 17.1. The minimum Gasteiger partial charge on any atom is -0.481 e. The number of nitrogens with one attached hydrogen (secondary N) is 2. The van der Waals surface area contributed by atoms with E-state index in [-0.39, 0.29) is 6.42 Å². The third-order valence-corrected chi connectivity index (χ3v) is 3.85. The van der Waals surface area contributed by atoms with Crippen LogP contribution in [0, 0.1) is 6.92 Å². The number of H-pyrrole nitrogens is 1. The number of benzene rings is 1. The number of hydrogen-bond acceptors (Lipinski definition) is 3. The van der Waals surface area contributed by atoms with Gasteiger partial charge in [0.2, 0.25) is 0 Å². The monoisotopic (exact) mass is 333 g/mol. The SMILES string of the molecule is C=C(CCCC(=O)O)Nc1cc(Cl)cc2c(C)c(C(=C)N)[nH]c12. The highest BCUT2D eigenvalue weighted by atomic mass is 35.5. The normalized spacial score (nSPS) is 10.7. The van der Waals surface area contributed by atoms with Gasteiger partial charge in [-0.3, -0.25) is 4.79 Å². The maximum absolute atomic E-state index is 10.6. The predicted octanol–water partition coefficient (Wildman–Crippen LogP) is 4.24. The van der Waals surface area contributed by atoms with Crippen molar-refractivity contribution in [3.05, 3.63) is 47.3 Å². The minimum atomic E-state index is -0.811. The fourth-order valence-corrected chi connectivity index (χ4v) is 2.73. The number of rotatable bonds is 7. The number of aryl methyl sites for hydroxylation is 1. The number of carboxylic acid groups (broad SMARTS) is 1. The Balaban J connectivity index is 2.29. The zero-order valence-corrected chi connectivity index (χ0v) is 13.8. The number of nitrogens with two attached hydrogens (primary N) is 1. The Labute approximate surface area is 139 Å². The molecule has 0 saturated heterocycles. The van der Waals surface area contributed by atoms with E-state index in [1.54, 1.807) is 6.07 Å². The Morgan fingerprint density at radius 3 is 2.70 bits per heavy atom. The maximum Gasteiger partial charge on any atom is 0.303 e. The number of allylic oxidation sites excluding steroid dienone is 1. The molecule has 0 amide bonds. The van der Waals surface area contributed by atoms with Crippen LogP contribution in [0.15, 0.2) is 31.0 Å². The molecule has 5 nitrogen and oxygen atoms in total. The summed E-state index contributed by atoms with van der Waals surface area (Å²) in [6, 6.07) is 3.67. The summed E-state index contributed by atoms with van der Waals surface area (Å²) >= 11 is 6.20. The number of carbonyl (C=O) groups is 1. The number of aliphatic carboxylic acids is 1. The van der Waals surface area contributed by atoms with Crippen molar-refractivity contribution in [2.75, 3.05) is 5.32 Å². The molecular formula is C17H20ClN3O2. The average Bonchev–Trinajstić information content (AvgIpc) is 2.76. The van der Waals surface area contributed by atoms with Crippen LogP contribution in [-0.4, -0.2) is 16.1 Å². The molecule has 0 aliphatic rings. The first-order chi connectivity index (χ1) is 10.8. The lowest BCUT2D eigenvalue weighted by atomic mass is 10.1. The molecule has 0 saturated carbocycles. The lowest BCUT2D eigenvalue weighted by Gasteiger charge is -2.11. The summed E-state index contributed by atoms with van der Waals surface area (Å²) in [5, 5.41) is 13.4. The molecule has 6 heteroatoms. The number of halogens is 1. The van der Waals surface area contributed by atoms with Crippen molar-refractivity contribution in [2.24, 2.45) is 5.73 Å². The predicted molar refractivity (Wildman–Crippen MR) is 95.5 cm³/mol. The third kappa shape index (κ3) is 3.87. The second-order valence-corrected chi connectivity index (χ2v) is 5.94. The minimum absolute atomic E-state index is 0.115. The van der Waals surface area contributed by atoms with E-state index in [9.17, 15) is 4.79 Å². The summed E-state index contributed by atoms with van der Waals surface area (Å²) in [4.78, 5) is 13.8. The number of hydrogen-bond donors (Lipinski definition) is 4. The van der Waals surface area contributed by atoms with E-state index in [2.05, 4.69) is 23.5 Å². The van der Waals surface area contributed by atoms with Crippen molar-refractivity contribution in [2.45, 2.75) is 26.2 Å². The van der Waals surface area contributed by atoms with Crippen molar-refractivity contribution < 1.29 is 9.90 Å². The van der Waals surface area contributed by atoms with E-state index in [1.165, 1.54) is 0 Å². The van der Waals surface area contributed by atoms with Crippen molar-refractivity contribution in [1.29, 1.82) is 0 Å². The molecule has 5 N–H and O–H groups in total. The third-order valence-electron chi connectivity index (χ3n) is 3.63. The van der Waals surface area contributed by atoms with Gasteiger partial charge in [0.25, 0.3) is 0 Å². The molecule has 0 aliphatic carbocycles. The summed E-state index contributed by atoms with van der Waals surface area (Å²) in [5.74, 6) is -0.811. The summed E-state index contributed by atoms with van der Waals surface area (Å²) < 4.78 is 0. The smallest absolute Gasteiger partial charge is 0.303 e. The van der Waals surface area contributed by atoms with Gasteiger partial charge in [0.15, 0.2) is 0 Å². The molecule has 0 fully saturated rings. The number of aromatic nitrogens is 1. The number of carboxylic acids is 1. The number of anilines is 1. The first-order valence-electron chi connectivity index (χ1n) is 7.22. The Hall–Kier alpha value is -2.40. The second kappa shape index (κ2) is 6.79. The molecule has 0 radical (unpaired) electrons. The Morgan fingerprint density at radius 1 is 1.39 bits per heavy atom. The van der Waals surface area contributed by atoms with Gasteiger partial charge in [-0.15, -0.1) is 0 Å². The summed E-state index contributed by atoms with van der Waals surface area (Å²) in [6.07, 6.45) is 1.21. The Kier molecular flexibility index (Phi) is 5.01. The Morgan fingerprint density at radius 2 is 2.09 bits per heavy atom. The van der Waals surface area contributed by atoms with E-state index in [4.69, 9.17) is 22.4 Å². The molecular weight excluding hydrogens is 314 g/mol. The van der Waals surface area contributed by atoms with Crippen LogP contribution in [0.3, 0.4) is 0 Å². The van der Waals surface area contributed by atoms with E-state index < -0.39 is 5.97 Å². The largest absolute Gasteiger partial charge is 0.481 e. The first kappa shape index (κ1) is 17.0. The van der Waals surface area contributed by atoms with E-state index >= 15 is 0 Å². The second-order valence-electron chi connectivity index (χ2n) is 5.50. The average molecular weight is 334 g/mol. The van der Waals surface area contributed by atoms with Gasteiger partial charge < -0.3 is 21.1 Å². The lowest BCUT2D eigenvalue weighted by Crippen LogP contribution is -2.01. The molecule has 0 aliphatic heterocycles. The van der Waals surface area contributed by atoms with Crippen LogP contribution in [0.5, 0.6) is 0 Å².